The Bertz CT molecular complexity index is 380. The maximum Gasteiger partial charge on any atom is 0.265 e. The van der Waals surface area contributed by atoms with E-state index in [2.05, 4.69) is 5.32 Å². The van der Waals surface area contributed by atoms with E-state index in [9.17, 15) is 4.79 Å². The van der Waals surface area contributed by atoms with Crippen molar-refractivity contribution in [2.24, 2.45) is 5.92 Å². The van der Waals surface area contributed by atoms with Gasteiger partial charge < -0.3 is 10.2 Å². The van der Waals surface area contributed by atoms with Gasteiger partial charge in [-0.3, -0.25) is 4.79 Å². The van der Waals surface area contributed by atoms with Crippen molar-refractivity contribution in [1.82, 2.24) is 10.2 Å². The molecule has 5 heteroatoms. The van der Waals surface area contributed by atoms with E-state index in [1.165, 1.54) is 11.3 Å². The van der Waals surface area contributed by atoms with Crippen molar-refractivity contribution in [1.29, 1.82) is 0 Å². The average molecular weight is 259 g/mol. The van der Waals surface area contributed by atoms with Gasteiger partial charge in [0.2, 0.25) is 0 Å². The molecule has 0 aromatic carbocycles. The summed E-state index contributed by atoms with van der Waals surface area (Å²) >= 11 is 7.38. The summed E-state index contributed by atoms with van der Waals surface area (Å²) in [4.78, 5) is 14.7. The first-order valence-electron chi connectivity index (χ1n) is 5.39. The molecule has 1 fully saturated rings. The molecule has 1 aromatic rings. The maximum atomic E-state index is 12.1. The molecule has 3 nitrogen and oxygen atoms in total. The molecule has 0 bridgehead atoms. The van der Waals surface area contributed by atoms with Gasteiger partial charge in [0.1, 0.15) is 4.88 Å². The van der Waals surface area contributed by atoms with Crippen LogP contribution in [0.15, 0.2) is 11.4 Å². The second kappa shape index (κ2) is 5.17. The van der Waals surface area contributed by atoms with Crippen molar-refractivity contribution in [2.75, 3.05) is 26.7 Å². The van der Waals surface area contributed by atoms with Crippen molar-refractivity contribution < 1.29 is 4.79 Å². The summed E-state index contributed by atoms with van der Waals surface area (Å²) in [5.74, 6) is 0.659. The number of thiophene rings is 1. The van der Waals surface area contributed by atoms with Crippen LogP contribution in [0.1, 0.15) is 16.1 Å². The second-order valence-corrected chi connectivity index (χ2v) is 5.38. The van der Waals surface area contributed by atoms with Gasteiger partial charge in [-0.05, 0) is 37.4 Å². The largest absolute Gasteiger partial charge is 0.338 e. The van der Waals surface area contributed by atoms with Gasteiger partial charge in [0, 0.05) is 13.1 Å². The Morgan fingerprint density at radius 1 is 1.75 bits per heavy atom. The summed E-state index contributed by atoms with van der Waals surface area (Å²) in [6.45, 7) is 2.66. The Morgan fingerprint density at radius 2 is 2.56 bits per heavy atom. The number of carbonyl (C=O) groups excluding carboxylic acids is 1. The van der Waals surface area contributed by atoms with Gasteiger partial charge in [-0.2, -0.15) is 0 Å². The highest BCUT2D eigenvalue weighted by Crippen LogP contribution is 2.26. The smallest absolute Gasteiger partial charge is 0.265 e. The van der Waals surface area contributed by atoms with Gasteiger partial charge in [0.15, 0.2) is 0 Å². The molecule has 0 radical (unpaired) electrons. The number of hydrogen-bond acceptors (Lipinski definition) is 3. The minimum Gasteiger partial charge on any atom is -0.338 e. The highest BCUT2D eigenvalue weighted by molar-refractivity contribution is 7.12. The Balaban J connectivity index is 2.00. The normalized spacial score (nSPS) is 20.4. The van der Waals surface area contributed by atoms with Crippen LogP contribution in [-0.4, -0.2) is 37.5 Å². The van der Waals surface area contributed by atoms with Gasteiger partial charge in [-0.1, -0.05) is 11.6 Å². The zero-order valence-electron chi connectivity index (χ0n) is 9.20. The van der Waals surface area contributed by atoms with Crippen LogP contribution in [0.3, 0.4) is 0 Å². The predicted octanol–water partition coefficient (Wildman–Crippen LogP) is 2.08. The predicted molar refractivity (Wildman–Crippen MR) is 67.3 cm³/mol. The van der Waals surface area contributed by atoms with E-state index in [1.807, 2.05) is 17.3 Å². The van der Waals surface area contributed by atoms with Crippen molar-refractivity contribution in [3.63, 3.8) is 0 Å². The Morgan fingerprint density at radius 3 is 3.19 bits per heavy atom. The Kier molecular flexibility index (Phi) is 3.84. The first-order valence-corrected chi connectivity index (χ1v) is 6.65. The summed E-state index contributed by atoms with van der Waals surface area (Å²) in [5.41, 5.74) is 0. The van der Waals surface area contributed by atoms with Crippen LogP contribution in [0, 0.1) is 5.92 Å². The van der Waals surface area contributed by atoms with Crippen LogP contribution in [0.25, 0.3) is 0 Å². The van der Waals surface area contributed by atoms with Gasteiger partial charge >= 0.3 is 0 Å². The zero-order valence-corrected chi connectivity index (χ0v) is 10.8. The van der Waals surface area contributed by atoms with E-state index in [4.69, 9.17) is 11.6 Å². The summed E-state index contributed by atoms with van der Waals surface area (Å²) in [5, 5.41) is 5.59. The van der Waals surface area contributed by atoms with E-state index >= 15 is 0 Å². The van der Waals surface area contributed by atoms with Crippen LogP contribution >= 0.6 is 22.9 Å². The molecule has 1 N–H and O–H groups in total. The number of hydrogen-bond donors (Lipinski definition) is 1. The first kappa shape index (κ1) is 11.9. The SMILES string of the molecule is CNCC1CCN(C(=O)c2sccc2Cl)C1. The van der Waals surface area contributed by atoms with E-state index < -0.39 is 0 Å². The topological polar surface area (TPSA) is 32.3 Å². The number of nitrogens with one attached hydrogen (secondary N) is 1. The number of likely N-dealkylation sites (tertiary alicyclic amines) is 1. The first-order chi connectivity index (χ1) is 7.72. The van der Waals surface area contributed by atoms with Gasteiger partial charge in [-0.25, -0.2) is 0 Å². The van der Waals surface area contributed by atoms with E-state index in [-0.39, 0.29) is 5.91 Å². The molecule has 1 saturated heterocycles. The highest BCUT2D eigenvalue weighted by Gasteiger charge is 2.27. The summed E-state index contributed by atoms with van der Waals surface area (Å²) in [6, 6.07) is 1.78. The molecule has 1 atom stereocenters. The quantitative estimate of drug-likeness (QED) is 0.900. The van der Waals surface area contributed by atoms with Crippen molar-refractivity contribution in [2.45, 2.75) is 6.42 Å². The van der Waals surface area contributed by atoms with E-state index in [0.29, 0.717) is 15.8 Å². The third-order valence-electron chi connectivity index (χ3n) is 2.88. The van der Waals surface area contributed by atoms with Crippen LogP contribution in [0.4, 0.5) is 0 Å². The lowest BCUT2D eigenvalue weighted by molar-refractivity contribution is 0.0792. The van der Waals surface area contributed by atoms with Crippen molar-refractivity contribution in [3.8, 4) is 0 Å². The van der Waals surface area contributed by atoms with Gasteiger partial charge in [0.25, 0.3) is 5.91 Å². The Hall–Kier alpha value is -0.580. The maximum absolute atomic E-state index is 12.1. The fourth-order valence-electron chi connectivity index (χ4n) is 2.06. The van der Waals surface area contributed by atoms with Crippen molar-refractivity contribution >= 4 is 28.8 Å². The Labute approximate surface area is 104 Å². The third kappa shape index (κ3) is 2.39. The minimum absolute atomic E-state index is 0.0820. The molecule has 0 spiro atoms. The summed E-state index contributed by atoms with van der Waals surface area (Å²) < 4.78 is 0. The number of amides is 1. The van der Waals surface area contributed by atoms with Crippen LogP contribution in [0.2, 0.25) is 5.02 Å². The number of rotatable bonds is 3. The molecule has 1 amide bonds. The lowest BCUT2D eigenvalue weighted by Crippen LogP contribution is -2.29. The highest BCUT2D eigenvalue weighted by atomic mass is 35.5. The minimum atomic E-state index is 0.0820. The standard InChI is InChI=1S/C11H15ClN2OS/c1-13-6-8-2-4-14(7-8)11(15)10-9(12)3-5-16-10/h3,5,8,13H,2,4,6-7H2,1H3. The molecule has 1 aliphatic rings. The molecule has 1 aliphatic heterocycles. The van der Waals surface area contributed by atoms with Crippen LogP contribution in [-0.2, 0) is 0 Å². The average Bonchev–Trinajstić information content (AvgIpc) is 2.87. The molecule has 2 heterocycles. The van der Waals surface area contributed by atoms with E-state index in [0.717, 1.165) is 26.1 Å². The molecule has 16 heavy (non-hydrogen) atoms. The molecule has 88 valence electrons. The van der Waals surface area contributed by atoms with Crippen LogP contribution in [0.5, 0.6) is 0 Å². The summed E-state index contributed by atoms with van der Waals surface area (Å²) in [7, 11) is 1.95. The lowest BCUT2D eigenvalue weighted by Gasteiger charge is -2.15. The second-order valence-electron chi connectivity index (χ2n) is 4.06. The third-order valence-corrected chi connectivity index (χ3v) is 4.21. The number of halogens is 1. The molecule has 2 rings (SSSR count). The number of carbonyl (C=O) groups is 1. The zero-order chi connectivity index (χ0) is 11.5. The van der Waals surface area contributed by atoms with Gasteiger partial charge in [-0.15, -0.1) is 11.3 Å². The van der Waals surface area contributed by atoms with Gasteiger partial charge in [0.05, 0.1) is 5.02 Å². The number of nitrogens with zero attached hydrogens (tertiary/aromatic N) is 1. The molecular formula is C11H15ClN2OS. The van der Waals surface area contributed by atoms with E-state index in [1.54, 1.807) is 6.07 Å². The fraction of sp³-hybridized carbons (Fsp3) is 0.545. The summed E-state index contributed by atoms with van der Waals surface area (Å²) in [6.07, 6.45) is 1.08. The molecule has 0 saturated carbocycles. The van der Waals surface area contributed by atoms with Crippen molar-refractivity contribution in [3.05, 3.63) is 21.3 Å². The molecule has 0 aliphatic carbocycles. The molecule has 1 unspecified atom stereocenters. The molecule has 1 aromatic heterocycles. The lowest BCUT2D eigenvalue weighted by atomic mass is 10.1. The molecular weight excluding hydrogens is 244 g/mol. The van der Waals surface area contributed by atoms with Crippen LogP contribution < -0.4 is 5.32 Å². The monoisotopic (exact) mass is 258 g/mol. The fourth-order valence-corrected chi connectivity index (χ4v) is 3.17.